The molecule has 0 spiro atoms. The third-order valence-electron chi connectivity index (χ3n) is 2.12. The Morgan fingerprint density at radius 2 is 1.69 bits per heavy atom. The summed E-state index contributed by atoms with van der Waals surface area (Å²) in [5, 5.41) is 8.60. The molecule has 0 amide bonds. The summed E-state index contributed by atoms with van der Waals surface area (Å²) in [6, 6.07) is 2.09. The molecule has 0 aliphatic carbocycles. The molecule has 2 atom stereocenters. The Morgan fingerprint density at radius 1 is 1.15 bits per heavy atom. The lowest BCUT2D eigenvalue weighted by atomic mass is 9.99. The Bertz CT molecular complexity index is 163. The average Bonchev–Trinajstić information content (AvgIpc) is 2.17. The van der Waals surface area contributed by atoms with Crippen LogP contribution >= 0.6 is 0 Å². The molecule has 0 saturated carbocycles. The van der Waals surface area contributed by atoms with Crippen molar-refractivity contribution >= 4 is 0 Å². The maximum absolute atomic E-state index is 8.60. The summed E-state index contributed by atoms with van der Waals surface area (Å²) in [4.78, 5) is 0. The smallest absolute Gasteiger partial charge is 0.163 e. The van der Waals surface area contributed by atoms with Crippen LogP contribution in [0.15, 0.2) is 0 Å². The molecular formula is C9H17NO3. The van der Waals surface area contributed by atoms with Gasteiger partial charge in [0.05, 0.1) is 12.2 Å². The molecule has 0 heterocycles. The molecule has 76 valence electrons. The standard InChI is InChI=1S/C9H17NO3/c1-7(11-2)8(5-6-10)9(12-3)13-4/h7-9H,5H2,1-4H3. The number of hydrogen-bond donors (Lipinski definition) is 0. The number of hydrogen-bond acceptors (Lipinski definition) is 4. The van der Waals surface area contributed by atoms with Crippen molar-refractivity contribution in [3.63, 3.8) is 0 Å². The maximum atomic E-state index is 8.60. The lowest BCUT2D eigenvalue weighted by Crippen LogP contribution is -2.33. The molecule has 0 aliphatic heterocycles. The summed E-state index contributed by atoms with van der Waals surface area (Å²) in [6.07, 6.45) is -0.0689. The van der Waals surface area contributed by atoms with Crippen molar-refractivity contribution in [2.75, 3.05) is 21.3 Å². The second kappa shape index (κ2) is 6.84. The van der Waals surface area contributed by atoms with E-state index in [0.29, 0.717) is 6.42 Å². The van der Waals surface area contributed by atoms with E-state index in [-0.39, 0.29) is 18.3 Å². The zero-order valence-electron chi connectivity index (χ0n) is 8.61. The highest BCUT2D eigenvalue weighted by Crippen LogP contribution is 2.18. The van der Waals surface area contributed by atoms with E-state index in [1.807, 2.05) is 6.92 Å². The van der Waals surface area contributed by atoms with E-state index in [0.717, 1.165) is 0 Å². The molecule has 0 aromatic carbocycles. The van der Waals surface area contributed by atoms with Gasteiger partial charge in [-0.1, -0.05) is 0 Å². The molecule has 4 heteroatoms. The van der Waals surface area contributed by atoms with Gasteiger partial charge in [0.15, 0.2) is 6.29 Å². The molecule has 2 unspecified atom stereocenters. The van der Waals surface area contributed by atoms with Crippen LogP contribution < -0.4 is 0 Å². The van der Waals surface area contributed by atoms with E-state index >= 15 is 0 Å². The summed E-state index contributed by atoms with van der Waals surface area (Å²) < 4.78 is 15.3. The highest BCUT2D eigenvalue weighted by atomic mass is 16.7. The van der Waals surface area contributed by atoms with Crippen molar-refractivity contribution in [2.45, 2.75) is 25.7 Å². The summed E-state index contributed by atoms with van der Waals surface area (Å²) in [5.74, 6) is -0.0509. The average molecular weight is 187 g/mol. The minimum absolute atomic E-state index is 0.0509. The van der Waals surface area contributed by atoms with E-state index in [2.05, 4.69) is 6.07 Å². The molecule has 0 fully saturated rings. The van der Waals surface area contributed by atoms with Crippen LogP contribution in [0, 0.1) is 17.2 Å². The molecule has 13 heavy (non-hydrogen) atoms. The number of ether oxygens (including phenoxy) is 3. The number of methoxy groups -OCH3 is 3. The van der Waals surface area contributed by atoms with Crippen LogP contribution in [-0.4, -0.2) is 33.7 Å². The monoisotopic (exact) mass is 187 g/mol. The molecule has 0 bridgehead atoms. The minimum atomic E-state index is -0.380. The SMILES string of the molecule is COC(C)C(CC#N)C(OC)OC. The van der Waals surface area contributed by atoms with E-state index < -0.39 is 0 Å². The van der Waals surface area contributed by atoms with Crippen LogP contribution in [0.25, 0.3) is 0 Å². The topological polar surface area (TPSA) is 51.5 Å². The first-order valence-electron chi connectivity index (χ1n) is 4.16. The van der Waals surface area contributed by atoms with Gasteiger partial charge in [-0.25, -0.2) is 0 Å². The highest BCUT2D eigenvalue weighted by Gasteiger charge is 2.26. The summed E-state index contributed by atoms with van der Waals surface area (Å²) in [5.41, 5.74) is 0. The molecule has 4 nitrogen and oxygen atoms in total. The van der Waals surface area contributed by atoms with Crippen molar-refractivity contribution in [2.24, 2.45) is 5.92 Å². The molecule has 0 saturated heterocycles. The fraction of sp³-hybridized carbons (Fsp3) is 0.889. The van der Waals surface area contributed by atoms with E-state index in [4.69, 9.17) is 19.5 Å². The highest BCUT2D eigenvalue weighted by molar-refractivity contribution is 4.81. The van der Waals surface area contributed by atoms with Crippen molar-refractivity contribution < 1.29 is 14.2 Å². The normalized spacial score (nSPS) is 15.4. The molecule has 0 aromatic heterocycles. The van der Waals surface area contributed by atoms with Gasteiger partial charge in [-0.15, -0.1) is 0 Å². The maximum Gasteiger partial charge on any atom is 0.163 e. The van der Waals surface area contributed by atoms with Crippen LogP contribution in [0.1, 0.15) is 13.3 Å². The van der Waals surface area contributed by atoms with Gasteiger partial charge in [-0.2, -0.15) is 5.26 Å². The van der Waals surface area contributed by atoms with E-state index in [1.165, 1.54) is 0 Å². The Morgan fingerprint density at radius 3 is 2.00 bits per heavy atom. The fourth-order valence-corrected chi connectivity index (χ4v) is 1.21. The Kier molecular flexibility index (Phi) is 6.51. The van der Waals surface area contributed by atoms with Crippen LogP contribution in [0.4, 0.5) is 0 Å². The second-order valence-corrected chi connectivity index (χ2v) is 2.81. The van der Waals surface area contributed by atoms with Crippen molar-refractivity contribution in [1.82, 2.24) is 0 Å². The molecular weight excluding hydrogens is 170 g/mol. The summed E-state index contributed by atoms with van der Waals surface area (Å²) in [6.45, 7) is 1.90. The lowest BCUT2D eigenvalue weighted by Gasteiger charge is -2.26. The second-order valence-electron chi connectivity index (χ2n) is 2.81. The van der Waals surface area contributed by atoms with Gasteiger partial charge in [0, 0.05) is 33.7 Å². The van der Waals surface area contributed by atoms with Crippen LogP contribution in [0.3, 0.4) is 0 Å². The third-order valence-corrected chi connectivity index (χ3v) is 2.12. The Labute approximate surface area is 79.4 Å². The first-order chi connectivity index (χ1) is 6.21. The quantitative estimate of drug-likeness (QED) is 0.586. The summed E-state index contributed by atoms with van der Waals surface area (Å²) in [7, 11) is 4.72. The Hall–Kier alpha value is -0.630. The van der Waals surface area contributed by atoms with Gasteiger partial charge in [0.25, 0.3) is 0 Å². The van der Waals surface area contributed by atoms with Crippen molar-refractivity contribution in [1.29, 1.82) is 5.26 Å². The van der Waals surface area contributed by atoms with Crippen LogP contribution in [-0.2, 0) is 14.2 Å². The molecule has 0 rings (SSSR count). The van der Waals surface area contributed by atoms with Crippen molar-refractivity contribution in [3.05, 3.63) is 0 Å². The van der Waals surface area contributed by atoms with Gasteiger partial charge in [-0.3, -0.25) is 0 Å². The van der Waals surface area contributed by atoms with Crippen LogP contribution in [0.5, 0.6) is 0 Å². The van der Waals surface area contributed by atoms with Gasteiger partial charge in [-0.05, 0) is 6.92 Å². The van der Waals surface area contributed by atoms with E-state index in [1.54, 1.807) is 21.3 Å². The predicted molar refractivity (Wildman–Crippen MR) is 48.0 cm³/mol. The van der Waals surface area contributed by atoms with Gasteiger partial charge < -0.3 is 14.2 Å². The molecule has 0 radical (unpaired) electrons. The largest absolute Gasteiger partial charge is 0.381 e. The zero-order chi connectivity index (χ0) is 10.3. The first kappa shape index (κ1) is 12.4. The van der Waals surface area contributed by atoms with Gasteiger partial charge in [0.1, 0.15) is 0 Å². The zero-order valence-corrected chi connectivity index (χ0v) is 8.61. The lowest BCUT2D eigenvalue weighted by molar-refractivity contribution is -0.161. The van der Waals surface area contributed by atoms with E-state index in [9.17, 15) is 0 Å². The Balaban J connectivity index is 4.29. The first-order valence-corrected chi connectivity index (χ1v) is 4.16. The predicted octanol–water partition coefficient (Wildman–Crippen LogP) is 1.17. The molecule has 0 N–H and O–H groups in total. The van der Waals surface area contributed by atoms with Gasteiger partial charge in [0.2, 0.25) is 0 Å². The number of nitriles is 1. The molecule has 0 aromatic rings. The third kappa shape index (κ3) is 3.73. The van der Waals surface area contributed by atoms with Crippen LogP contribution in [0.2, 0.25) is 0 Å². The summed E-state index contributed by atoms with van der Waals surface area (Å²) >= 11 is 0. The van der Waals surface area contributed by atoms with Gasteiger partial charge >= 0.3 is 0 Å². The fourth-order valence-electron chi connectivity index (χ4n) is 1.21. The number of nitrogens with zero attached hydrogens (tertiary/aromatic N) is 1. The number of rotatable bonds is 6. The molecule has 0 aliphatic rings. The van der Waals surface area contributed by atoms with Crippen molar-refractivity contribution in [3.8, 4) is 6.07 Å². The minimum Gasteiger partial charge on any atom is -0.381 e.